The summed E-state index contributed by atoms with van der Waals surface area (Å²) in [4.78, 5) is 24.2. The number of carbonyl (C=O) groups is 1. The first-order chi connectivity index (χ1) is 11.2. The van der Waals surface area contributed by atoms with E-state index in [2.05, 4.69) is 5.32 Å². The number of carbonyl (C=O) groups excluding carboxylic acids is 1. The number of pyridine rings is 1. The maximum Gasteiger partial charge on any atom is 0.257 e. The number of amides is 1. The Labute approximate surface area is 139 Å². The second-order valence-electron chi connectivity index (χ2n) is 6.06. The summed E-state index contributed by atoms with van der Waals surface area (Å²) >= 11 is 0. The number of aryl methyl sites for hydroxylation is 2. The molecule has 1 heterocycles. The van der Waals surface area contributed by atoms with Crippen molar-refractivity contribution in [2.45, 2.75) is 39.3 Å². The van der Waals surface area contributed by atoms with E-state index >= 15 is 0 Å². The average molecular weight is 332 g/mol. The van der Waals surface area contributed by atoms with Crippen LogP contribution < -0.4 is 10.9 Å². The van der Waals surface area contributed by atoms with Gasteiger partial charge in [0, 0.05) is 18.0 Å². The molecule has 2 aromatic rings. The lowest BCUT2D eigenvalue weighted by Gasteiger charge is -2.23. The molecule has 0 spiro atoms. The summed E-state index contributed by atoms with van der Waals surface area (Å²) in [5, 5.41) is 13.0. The molecule has 128 valence electrons. The Kier molecular flexibility index (Phi) is 5.19. The van der Waals surface area contributed by atoms with E-state index in [4.69, 9.17) is 0 Å². The number of hydrogen-bond donors (Lipinski definition) is 2. The molecule has 6 heteroatoms. The van der Waals surface area contributed by atoms with Gasteiger partial charge in [0.1, 0.15) is 5.82 Å². The van der Waals surface area contributed by atoms with Crippen molar-refractivity contribution in [2.75, 3.05) is 5.32 Å². The predicted molar refractivity (Wildman–Crippen MR) is 90.5 cm³/mol. The van der Waals surface area contributed by atoms with Crippen molar-refractivity contribution in [1.29, 1.82) is 0 Å². The highest BCUT2D eigenvalue weighted by Crippen LogP contribution is 2.17. The average Bonchev–Trinajstić information content (AvgIpc) is 2.51. The molecular weight excluding hydrogens is 311 g/mol. The molecule has 1 aromatic heterocycles. The topological polar surface area (TPSA) is 71.3 Å². The molecule has 1 aromatic carbocycles. The first-order valence-electron chi connectivity index (χ1n) is 7.72. The van der Waals surface area contributed by atoms with E-state index in [1.54, 1.807) is 13.0 Å². The zero-order chi connectivity index (χ0) is 17.9. The zero-order valence-electron chi connectivity index (χ0n) is 14.0. The van der Waals surface area contributed by atoms with Gasteiger partial charge in [0.05, 0.1) is 6.54 Å². The minimum atomic E-state index is -1.79. The molecule has 1 unspecified atom stereocenters. The van der Waals surface area contributed by atoms with Crippen LogP contribution in [0.4, 0.5) is 10.1 Å². The number of nitrogens with one attached hydrogen (secondary N) is 1. The number of rotatable bonds is 5. The smallest absolute Gasteiger partial charge is 0.257 e. The molecule has 5 nitrogen and oxygen atoms in total. The van der Waals surface area contributed by atoms with Gasteiger partial charge in [0.15, 0.2) is 5.60 Å². The van der Waals surface area contributed by atoms with Crippen molar-refractivity contribution in [3.63, 3.8) is 0 Å². The van der Waals surface area contributed by atoms with Gasteiger partial charge in [0.2, 0.25) is 0 Å². The van der Waals surface area contributed by atoms with Crippen LogP contribution in [0.1, 0.15) is 25.0 Å². The van der Waals surface area contributed by atoms with Crippen molar-refractivity contribution < 1.29 is 14.3 Å². The molecule has 0 aliphatic heterocycles. The monoisotopic (exact) mass is 332 g/mol. The van der Waals surface area contributed by atoms with Crippen molar-refractivity contribution in [1.82, 2.24) is 4.57 Å². The molecule has 2 rings (SSSR count). The highest BCUT2D eigenvalue weighted by atomic mass is 19.1. The molecule has 0 saturated heterocycles. The van der Waals surface area contributed by atoms with Crippen molar-refractivity contribution >= 4 is 11.6 Å². The predicted octanol–water partition coefficient (Wildman–Crippen LogP) is 2.25. The summed E-state index contributed by atoms with van der Waals surface area (Å²) < 4.78 is 14.8. The first kappa shape index (κ1) is 17.9. The molecule has 24 heavy (non-hydrogen) atoms. The Bertz CT molecular complexity index is 812. The highest BCUT2D eigenvalue weighted by Gasteiger charge is 2.31. The van der Waals surface area contributed by atoms with Crippen LogP contribution in [-0.4, -0.2) is 21.2 Å². The minimum Gasteiger partial charge on any atom is -0.378 e. The van der Waals surface area contributed by atoms with E-state index in [1.165, 1.54) is 42.0 Å². The fourth-order valence-corrected chi connectivity index (χ4v) is 2.33. The van der Waals surface area contributed by atoms with E-state index in [0.29, 0.717) is 17.7 Å². The lowest BCUT2D eigenvalue weighted by atomic mass is 10.1. The third-order valence-electron chi connectivity index (χ3n) is 3.80. The zero-order valence-corrected chi connectivity index (χ0v) is 14.0. The van der Waals surface area contributed by atoms with Gasteiger partial charge >= 0.3 is 0 Å². The normalized spacial score (nSPS) is 13.4. The number of aromatic nitrogens is 1. The lowest BCUT2D eigenvalue weighted by molar-refractivity contribution is -0.133. The molecule has 0 saturated carbocycles. The molecule has 1 amide bonds. The second-order valence-corrected chi connectivity index (χ2v) is 6.06. The molecule has 2 N–H and O–H groups in total. The summed E-state index contributed by atoms with van der Waals surface area (Å²) in [5.74, 6) is -1.00. The Hall–Kier alpha value is -2.47. The van der Waals surface area contributed by atoms with E-state index in [0.717, 1.165) is 5.56 Å². The van der Waals surface area contributed by atoms with Crippen LogP contribution in [0.25, 0.3) is 0 Å². The standard InChI is InChI=1S/C18H21FN2O3/c1-4-13-10-14(5-6-15(13)19)20-17(23)18(3,24)11-21-8-7-12(2)9-16(21)22/h5-10,24H,4,11H2,1-3H3,(H,20,23). The number of nitrogens with zero attached hydrogens (tertiary/aromatic N) is 1. The summed E-state index contributed by atoms with van der Waals surface area (Å²) in [7, 11) is 0. The number of anilines is 1. The van der Waals surface area contributed by atoms with Crippen LogP contribution in [0.5, 0.6) is 0 Å². The lowest BCUT2D eigenvalue weighted by Crippen LogP contribution is -2.45. The quantitative estimate of drug-likeness (QED) is 0.882. The van der Waals surface area contributed by atoms with Gasteiger partial charge in [-0.25, -0.2) is 4.39 Å². The molecule has 0 fully saturated rings. The van der Waals surface area contributed by atoms with Gasteiger partial charge in [-0.05, 0) is 55.7 Å². The van der Waals surface area contributed by atoms with Crippen LogP contribution in [0.15, 0.2) is 41.3 Å². The molecular formula is C18H21FN2O3. The first-order valence-corrected chi connectivity index (χ1v) is 7.72. The molecule has 0 radical (unpaired) electrons. The van der Waals surface area contributed by atoms with Gasteiger partial charge < -0.3 is 15.0 Å². The van der Waals surface area contributed by atoms with Gasteiger partial charge in [-0.15, -0.1) is 0 Å². The fraction of sp³-hybridized carbons (Fsp3) is 0.333. The van der Waals surface area contributed by atoms with Crippen LogP contribution in [0, 0.1) is 12.7 Å². The summed E-state index contributed by atoms with van der Waals surface area (Å²) in [6.07, 6.45) is 2.02. The van der Waals surface area contributed by atoms with Gasteiger partial charge in [0.25, 0.3) is 11.5 Å². The van der Waals surface area contributed by atoms with E-state index in [9.17, 15) is 19.1 Å². The highest BCUT2D eigenvalue weighted by molar-refractivity contribution is 5.96. The number of hydrogen-bond acceptors (Lipinski definition) is 3. The summed E-state index contributed by atoms with van der Waals surface area (Å²) in [6, 6.07) is 7.39. The Morgan fingerprint density at radius 3 is 2.67 bits per heavy atom. The molecule has 0 aliphatic carbocycles. The van der Waals surface area contributed by atoms with Crippen LogP contribution in [-0.2, 0) is 17.8 Å². The van der Waals surface area contributed by atoms with Gasteiger partial charge in [-0.2, -0.15) is 0 Å². The molecule has 0 aliphatic rings. The van der Waals surface area contributed by atoms with Crippen LogP contribution in [0.3, 0.4) is 0 Å². The van der Waals surface area contributed by atoms with Crippen molar-refractivity contribution in [3.8, 4) is 0 Å². The van der Waals surface area contributed by atoms with Crippen LogP contribution >= 0.6 is 0 Å². The maximum absolute atomic E-state index is 13.5. The van der Waals surface area contributed by atoms with Gasteiger partial charge in [-0.3, -0.25) is 9.59 Å². The third kappa shape index (κ3) is 4.08. The third-order valence-corrected chi connectivity index (χ3v) is 3.80. The molecule has 0 bridgehead atoms. The second kappa shape index (κ2) is 6.97. The Morgan fingerprint density at radius 2 is 2.04 bits per heavy atom. The van der Waals surface area contributed by atoms with Gasteiger partial charge in [-0.1, -0.05) is 6.92 Å². The minimum absolute atomic E-state index is 0.181. The molecule has 1 atom stereocenters. The maximum atomic E-state index is 13.5. The number of halogens is 1. The van der Waals surface area contributed by atoms with E-state index < -0.39 is 11.5 Å². The number of benzene rings is 1. The van der Waals surface area contributed by atoms with Crippen LogP contribution in [0.2, 0.25) is 0 Å². The summed E-state index contributed by atoms with van der Waals surface area (Å²) in [6.45, 7) is 4.75. The fourth-order valence-electron chi connectivity index (χ4n) is 2.33. The Balaban J connectivity index is 2.16. The Morgan fingerprint density at radius 1 is 1.33 bits per heavy atom. The largest absolute Gasteiger partial charge is 0.378 e. The van der Waals surface area contributed by atoms with Crippen molar-refractivity contribution in [2.24, 2.45) is 0 Å². The number of aliphatic hydroxyl groups is 1. The van der Waals surface area contributed by atoms with E-state index in [1.807, 2.05) is 6.92 Å². The van der Waals surface area contributed by atoms with Crippen molar-refractivity contribution in [3.05, 3.63) is 63.8 Å². The summed E-state index contributed by atoms with van der Waals surface area (Å²) in [5.41, 5.74) is -0.409. The van der Waals surface area contributed by atoms with E-state index in [-0.39, 0.29) is 17.9 Å². The SMILES string of the molecule is CCc1cc(NC(=O)C(C)(O)Cn2ccc(C)cc2=O)ccc1F.